The fourth-order valence-electron chi connectivity index (χ4n) is 1.56. The molecule has 0 radical (unpaired) electrons. The Morgan fingerprint density at radius 3 is 2.83 bits per heavy atom. The number of pyridine rings is 1. The summed E-state index contributed by atoms with van der Waals surface area (Å²) in [7, 11) is 0. The van der Waals surface area contributed by atoms with E-state index in [0.29, 0.717) is 29.1 Å². The van der Waals surface area contributed by atoms with Crippen LogP contribution in [0.1, 0.15) is 30.7 Å². The molecule has 0 fully saturated rings. The zero-order chi connectivity index (χ0) is 13.7. The molecule has 0 aliphatic rings. The summed E-state index contributed by atoms with van der Waals surface area (Å²) in [5.74, 6) is 0.475. The van der Waals surface area contributed by atoms with Gasteiger partial charge in [-0.05, 0) is 19.4 Å². The second kappa shape index (κ2) is 6.72. The van der Waals surface area contributed by atoms with Crippen LogP contribution in [-0.2, 0) is 4.79 Å². The molecule has 1 aromatic rings. The van der Waals surface area contributed by atoms with Gasteiger partial charge < -0.3 is 15.9 Å². The number of anilines is 1. The van der Waals surface area contributed by atoms with Gasteiger partial charge in [0, 0.05) is 23.9 Å². The van der Waals surface area contributed by atoms with E-state index in [1.165, 1.54) is 13.1 Å². The summed E-state index contributed by atoms with van der Waals surface area (Å²) in [4.78, 5) is 14.8. The Morgan fingerprint density at radius 2 is 2.22 bits per heavy atom. The highest BCUT2D eigenvalue weighted by molar-refractivity contribution is 8.13. The molecule has 0 amide bonds. The predicted molar refractivity (Wildman–Crippen MR) is 72.1 cm³/mol. The number of nitrogens with two attached hydrogens (primary N) is 1. The van der Waals surface area contributed by atoms with Crippen LogP contribution in [-0.4, -0.2) is 32.2 Å². The summed E-state index contributed by atoms with van der Waals surface area (Å²) in [6.07, 6.45) is -0.129. The number of nitrogens with zero attached hydrogens (tertiary/aromatic N) is 1. The Balaban J connectivity index is 2.64. The fraction of sp³-hybridized carbons (Fsp3) is 0.500. The van der Waals surface area contributed by atoms with E-state index >= 15 is 0 Å². The molecule has 1 heterocycles. The van der Waals surface area contributed by atoms with E-state index in [9.17, 15) is 15.0 Å². The van der Waals surface area contributed by atoms with Gasteiger partial charge in [0.15, 0.2) is 5.12 Å². The van der Waals surface area contributed by atoms with Crippen LogP contribution in [0, 0.1) is 6.92 Å². The van der Waals surface area contributed by atoms with Crippen LogP contribution in [0.2, 0.25) is 0 Å². The minimum absolute atomic E-state index is 0.00140. The Kier molecular flexibility index (Phi) is 5.58. The average Bonchev–Trinajstić information content (AvgIpc) is 2.30. The van der Waals surface area contributed by atoms with Crippen molar-refractivity contribution in [1.82, 2.24) is 4.98 Å². The van der Waals surface area contributed by atoms with E-state index in [4.69, 9.17) is 5.73 Å². The van der Waals surface area contributed by atoms with Gasteiger partial charge in [0.1, 0.15) is 6.10 Å². The molecule has 0 aliphatic carbocycles. The summed E-state index contributed by atoms with van der Waals surface area (Å²) in [6.45, 7) is 3.22. The molecule has 0 bridgehead atoms. The van der Waals surface area contributed by atoms with E-state index in [1.54, 1.807) is 13.0 Å². The summed E-state index contributed by atoms with van der Waals surface area (Å²) in [6, 6.07) is 1.61. The first-order chi connectivity index (χ1) is 8.41. The van der Waals surface area contributed by atoms with Crippen molar-refractivity contribution in [2.75, 3.05) is 11.5 Å². The molecular formula is C12H18N2O3S. The van der Waals surface area contributed by atoms with Gasteiger partial charge >= 0.3 is 0 Å². The zero-order valence-corrected chi connectivity index (χ0v) is 11.3. The van der Waals surface area contributed by atoms with Crippen LogP contribution in [0.25, 0.3) is 0 Å². The van der Waals surface area contributed by atoms with Crippen molar-refractivity contribution < 1.29 is 15.0 Å². The van der Waals surface area contributed by atoms with Crippen LogP contribution in [0.3, 0.4) is 0 Å². The number of aliphatic hydroxyl groups is 2. The SMILES string of the molecule is CC(=O)SCCC(O)C(O)c1cc(N)cnc1C. The van der Waals surface area contributed by atoms with Gasteiger partial charge in [0.05, 0.1) is 18.0 Å². The largest absolute Gasteiger partial charge is 0.397 e. The maximum Gasteiger partial charge on any atom is 0.185 e. The van der Waals surface area contributed by atoms with E-state index in [2.05, 4.69) is 4.98 Å². The summed E-state index contributed by atoms with van der Waals surface area (Å²) >= 11 is 1.13. The molecule has 2 atom stereocenters. The molecule has 0 saturated heterocycles. The van der Waals surface area contributed by atoms with Crippen LogP contribution in [0.5, 0.6) is 0 Å². The monoisotopic (exact) mass is 270 g/mol. The minimum atomic E-state index is -1.03. The Hall–Kier alpha value is -1.11. The van der Waals surface area contributed by atoms with Crippen molar-refractivity contribution >= 4 is 22.6 Å². The Labute approximate surface area is 110 Å². The second-order valence-corrected chi connectivity index (χ2v) is 5.36. The maximum atomic E-state index is 10.8. The lowest BCUT2D eigenvalue weighted by Gasteiger charge is -2.19. The van der Waals surface area contributed by atoms with Gasteiger partial charge in [-0.15, -0.1) is 0 Å². The maximum absolute atomic E-state index is 10.8. The molecule has 1 rings (SSSR count). The number of rotatable bonds is 5. The van der Waals surface area contributed by atoms with Gasteiger partial charge in [0.2, 0.25) is 0 Å². The zero-order valence-electron chi connectivity index (χ0n) is 10.5. The molecule has 0 spiro atoms. The van der Waals surface area contributed by atoms with Crippen molar-refractivity contribution in [2.45, 2.75) is 32.5 Å². The Bertz CT molecular complexity index is 426. The quantitative estimate of drug-likeness (QED) is 0.739. The van der Waals surface area contributed by atoms with Gasteiger partial charge in [-0.2, -0.15) is 0 Å². The highest BCUT2D eigenvalue weighted by atomic mass is 32.2. The third-order valence-corrected chi connectivity index (χ3v) is 3.40. The first-order valence-corrected chi connectivity index (χ1v) is 6.62. The fourth-order valence-corrected chi connectivity index (χ4v) is 2.20. The molecule has 2 unspecified atom stereocenters. The normalized spacial score (nSPS) is 14.2. The third kappa shape index (κ3) is 4.29. The lowest BCUT2D eigenvalue weighted by molar-refractivity contribution is -0.109. The highest BCUT2D eigenvalue weighted by Crippen LogP contribution is 2.24. The average molecular weight is 270 g/mol. The van der Waals surface area contributed by atoms with Crippen molar-refractivity contribution in [3.8, 4) is 0 Å². The second-order valence-electron chi connectivity index (χ2n) is 4.08. The lowest BCUT2D eigenvalue weighted by atomic mass is 10.0. The molecule has 6 heteroatoms. The van der Waals surface area contributed by atoms with Crippen LogP contribution in [0.15, 0.2) is 12.3 Å². The summed E-state index contributed by atoms with van der Waals surface area (Å²) in [5.41, 5.74) is 7.20. The molecule has 0 aromatic carbocycles. The third-order valence-electron chi connectivity index (χ3n) is 2.55. The standard InChI is InChI=1S/C12H18N2O3S/c1-7-10(5-9(13)6-14-7)12(17)11(16)3-4-18-8(2)15/h5-6,11-12,16-17H,3-4,13H2,1-2H3. The summed E-state index contributed by atoms with van der Waals surface area (Å²) in [5, 5.41) is 19.9. The highest BCUT2D eigenvalue weighted by Gasteiger charge is 2.20. The lowest BCUT2D eigenvalue weighted by Crippen LogP contribution is -2.20. The van der Waals surface area contributed by atoms with E-state index in [0.717, 1.165) is 11.8 Å². The number of thioether (sulfide) groups is 1. The first-order valence-electron chi connectivity index (χ1n) is 5.63. The van der Waals surface area contributed by atoms with E-state index in [-0.39, 0.29) is 5.12 Å². The van der Waals surface area contributed by atoms with E-state index in [1.807, 2.05) is 0 Å². The number of hydrogen-bond acceptors (Lipinski definition) is 6. The molecule has 5 nitrogen and oxygen atoms in total. The Morgan fingerprint density at radius 1 is 1.56 bits per heavy atom. The van der Waals surface area contributed by atoms with Gasteiger partial charge in [-0.25, -0.2) is 0 Å². The van der Waals surface area contributed by atoms with Gasteiger partial charge in [0.25, 0.3) is 0 Å². The van der Waals surface area contributed by atoms with Gasteiger partial charge in [-0.3, -0.25) is 9.78 Å². The van der Waals surface area contributed by atoms with Crippen LogP contribution >= 0.6 is 11.8 Å². The van der Waals surface area contributed by atoms with Crippen molar-refractivity contribution in [1.29, 1.82) is 0 Å². The summed E-state index contributed by atoms with van der Waals surface area (Å²) < 4.78 is 0. The number of nitrogen functional groups attached to an aromatic ring is 1. The minimum Gasteiger partial charge on any atom is -0.397 e. The number of carbonyl (C=O) groups excluding carboxylic acids is 1. The molecule has 4 N–H and O–H groups in total. The molecular weight excluding hydrogens is 252 g/mol. The molecule has 1 aromatic heterocycles. The van der Waals surface area contributed by atoms with E-state index < -0.39 is 12.2 Å². The van der Waals surface area contributed by atoms with Gasteiger partial charge in [-0.1, -0.05) is 11.8 Å². The first kappa shape index (κ1) is 14.9. The number of aryl methyl sites for hydroxylation is 1. The predicted octanol–water partition coefficient (Wildman–Crippen LogP) is 1.04. The topological polar surface area (TPSA) is 96.4 Å². The number of hydrogen-bond donors (Lipinski definition) is 3. The smallest absolute Gasteiger partial charge is 0.185 e. The van der Waals surface area contributed by atoms with Crippen LogP contribution < -0.4 is 5.73 Å². The van der Waals surface area contributed by atoms with Crippen molar-refractivity contribution in [3.05, 3.63) is 23.5 Å². The number of aliphatic hydroxyl groups excluding tert-OH is 2. The molecule has 100 valence electrons. The molecule has 0 saturated carbocycles. The van der Waals surface area contributed by atoms with Crippen LogP contribution in [0.4, 0.5) is 5.69 Å². The number of carbonyl (C=O) groups is 1. The molecule has 0 aliphatic heterocycles. The van der Waals surface area contributed by atoms with Crippen molar-refractivity contribution in [2.24, 2.45) is 0 Å². The van der Waals surface area contributed by atoms with Crippen molar-refractivity contribution in [3.63, 3.8) is 0 Å². The molecule has 18 heavy (non-hydrogen) atoms. The number of aromatic nitrogens is 1.